The average molecular weight is 465 g/mol. The lowest BCUT2D eigenvalue weighted by Crippen LogP contribution is -2.15. The van der Waals surface area contributed by atoms with E-state index in [2.05, 4.69) is 21.2 Å². The molecule has 2 aromatic carbocycles. The van der Waals surface area contributed by atoms with Crippen molar-refractivity contribution in [1.82, 2.24) is 0 Å². The van der Waals surface area contributed by atoms with Crippen molar-refractivity contribution < 1.29 is 14.1 Å². The average Bonchev–Trinajstić information content (AvgIpc) is 2.43. The van der Waals surface area contributed by atoms with E-state index in [0.717, 1.165) is 15.7 Å². The fraction of sp³-hybridized carbons (Fsp3) is 0. The highest BCUT2D eigenvalue weighted by Crippen LogP contribution is 2.28. The van der Waals surface area contributed by atoms with E-state index >= 15 is 0 Å². The molecule has 2 aromatic rings. The van der Waals surface area contributed by atoms with Crippen molar-refractivity contribution in [1.29, 1.82) is 0 Å². The summed E-state index contributed by atoms with van der Waals surface area (Å²) in [7, 11) is 0. The summed E-state index contributed by atoms with van der Waals surface area (Å²) in [6.07, 6.45) is 0. The molecule has 0 aliphatic heterocycles. The normalized spacial score (nSPS) is 10.2. The fourth-order valence-electron chi connectivity index (χ4n) is 1.64. The van der Waals surface area contributed by atoms with E-state index in [0.29, 0.717) is 4.47 Å². The molecule has 0 atom stereocenters. The number of carbonyl (C=O) groups is 1. The molecular weight excluding hydrogens is 458 g/mol. The van der Waals surface area contributed by atoms with E-state index in [-0.39, 0.29) is 5.56 Å². The van der Waals surface area contributed by atoms with E-state index in [1.165, 1.54) is 6.07 Å². The Morgan fingerprint density at radius 3 is 2.71 bits per heavy atom. The lowest BCUT2D eigenvalue weighted by Gasteiger charge is -2.08. The number of anilines is 1. The quantitative estimate of drug-likeness (QED) is 0.417. The number of carbonyl (C=O) groups excluding carboxylic acids is 1. The second-order valence-electron chi connectivity index (χ2n) is 3.97. The number of nitro benzene ring substituents is 1. The number of para-hydroxylation sites is 1. The molecule has 0 spiro atoms. The van der Waals surface area contributed by atoms with Crippen molar-refractivity contribution in [2.75, 3.05) is 5.32 Å². The highest BCUT2D eigenvalue weighted by atomic mass is 127. The van der Waals surface area contributed by atoms with Gasteiger partial charge < -0.3 is 5.32 Å². The molecule has 2 rings (SSSR count). The molecular formula is C13H7BrFIN2O3. The number of benzene rings is 2. The highest BCUT2D eigenvalue weighted by Gasteiger charge is 2.21. The topological polar surface area (TPSA) is 72.2 Å². The number of hydrogen-bond acceptors (Lipinski definition) is 3. The van der Waals surface area contributed by atoms with E-state index in [4.69, 9.17) is 0 Å². The van der Waals surface area contributed by atoms with Crippen LogP contribution in [0, 0.1) is 19.5 Å². The molecule has 0 heterocycles. The van der Waals surface area contributed by atoms with Gasteiger partial charge >= 0.3 is 0 Å². The predicted octanol–water partition coefficient (Wildman–Crippen LogP) is 4.35. The molecule has 21 heavy (non-hydrogen) atoms. The first-order chi connectivity index (χ1) is 9.90. The van der Waals surface area contributed by atoms with Gasteiger partial charge in [0, 0.05) is 14.1 Å². The standard InChI is InChI=1S/C13H7BrFIN2O3/c14-9-5-4-7(16)6-8(9)13(19)17-12-10(15)2-1-3-11(12)18(20)21/h1-6H,(H,17,19). The smallest absolute Gasteiger partial charge is 0.295 e. The van der Waals surface area contributed by atoms with Crippen LogP contribution in [0.5, 0.6) is 0 Å². The van der Waals surface area contributed by atoms with Crippen molar-refractivity contribution in [3.8, 4) is 0 Å². The van der Waals surface area contributed by atoms with Gasteiger partial charge in [0.1, 0.15) is 0 Å². The molecule has 0 aromatic heterocycles. The van der Waals surface area contributed by atoms with Crippen LogP contribution in [0.3, 0.4) is 0 Å². The van der Waals surface area contributed by atoms with E-state index in [1.54, 1.807) is 18.2 Å². The third-order valence-electron chi connectivity index (χ3n) is 2.60. The zero-order chi connectivity index (χ0) is 15.6. The maximum absolute atomic E-state index is 13.7. The minimum Gasteiger partial charge on any atom is -0.314 e. The molecule has 0 aliphatic rings. The Morgan fingerprint density at radius 1 is 1.33 bits per heavy atom. The molecule has 0 radical (unpaired) electrons. The monoisotopic (exact) mass is 464 g/mol. The number of rotatable bonds is 3. The van der Waals surface area contributed by atoms with Gasteiger partial charge in [0.25, 0.3) is 11.6 Å². The van der Waals surface area contributed by atoms with Gasteiger partial charge in [-0.25, -0.2) is 4.39 Å². The molecule has 1 amide bonds. The van der Waals surface area contributed by atoms with Crippen molar-refractivity contribution in [2.24, 2.45) is 0 Å². The molecule has 1 N–H and O–H groups in total. The summed E-state index contributed by atoms with van der Waals surface area (Å²) in [5.41, 5.74) is -0.678. The first-order valence-corrected chi connectivity index (χ1v) is 7.46. The molecule has 0 unspecified atom stereocenters. The molecule has 0 aliphatic carbocycles. The Hall–Kier alpha value is -1.55. The second-order valence-corrected chi connectivity index (χ2v) is 6.07. The fourth-order valence-corrected chi connectivity index (χ4v) is 2.56. The van der Waals surface area contributed by atoms with Crippen LogP contribution in [-0.2, 0) is 0 Å². The first-order valence-electron chi connectivity index (χ1n) is 5.59. The Bertz CT molecular complexity index is 739. The summed E-state index contributed by atoms with van der Waals surface area (Å²) in [5.74, 6) is -1.49. The predicted molar refractivity (Wildman–Crippen MR) is 87.9 cm³/mol. The first kappa shape index (κ1) is 15.8. The number of amides is 1. The van der Waals surface area contributed by atoms with Crippen LogP contribution in [-0.4, -0.2) is 10.8 Å². The Balaban J connectivity index is 2.41. The molecule has 0 saturated carbocycles. The third-order valence-corrected chi connectivity index (χ3v) is 3.96. The van der Waals surface area contributed by atoms with Crippen molar-refractivity contribution >= 4 is 55.8 Å². The summed E-state index contributed by atoms with van der Waals surface area (Å²) < 4.78 is 15.1. The SMILES string of the molecule is O=C(Nc1c(F)cccc1[N+](=O)[O-])c1cc(I)ccc1Br. The summed E-state index contributed by atoms with van der Waals surface area (Å²) >= 11 is 5.25. The number of nitrogens with one attached hydrogen (secondary N) is 1. The van der Waals surface area contributed by atoms with E-state index in [1.807, 2.05) is 22.6 Å². The maximum Gasteiger partial charge on any atom is 0.295 e. The van der Waals surface area contributed by atoms with Crippen LogP contribution in [0.25, 0.3) is 0 Å². The number of halogens is 3. The van der Waals surface area contributed by atoms with Gasteiger partial charge in [-0.05, 0) is 62.8 Å². The summed E-state index contributed by atoms with van der Waals surface area (Å²) in [6.45, 7) is 0. The molecule has 8 heteroatoms. The van der Waals surface area contributed by atoms with Gasteiger partial charge in [-0.2, -0.15) is 0 Å². The van der Waals surface area contributed by atoms with Crippen LogP contribution in [0.15, 0.2) is 40.9 Å². The number of nitrogens with zero attached hydrogens (tertiary/aromatic N) is 1. The minimum absolute atomic E-state index is 0.263. The molecule has 0 saturated heterocycles. The van der Waals surface area contributed by atoms with Gasteiger partial charge in [-0.15, -0.1) is 0 Å². The van der Waals surface area contributed by atoms with Gasteiger partial charge in [0.05, 0.1) is 10.5 Å². The summed E-state index contributed by atoms with van der Waals surface area (Å²) in [6, 6.07) is 8.44. The third kappa shape index (κ3) is 3.56. The zero-order valence-electron chi connectivity index (χ0n) is 10.3. The Kier molecular flexibility index (Phi) is 4.88. The van der Waals surface area contributed by atoms with Crippen LogP contribution in [0.2, 0.25) is 0 Å². The zero-order valence-corrected chi connectivity index (χ0v) is 14.0. The van der Waals surface area contributed by atoms with Crippen LogP contribution in [0.1, 0.15) is 10.4 Å². The van der Waals surface area contributed by atoms with Gasteiger partial charge in [0.15, 0.2) is 11.5 Å². The molecule has 108 valence electrons. The van der Waals surface area contributed by atoms with Crippen LogP contribution in [0.4, 0.5) is 15.8 Å². The van der Waals surface area contributed by atoms with Crippen molar-refractivity contribution in [3.05, 3.63) is 65.9 Å². The van der Waals surface area contributed by atoms with Crippen molar-refractivity contribution in [2.45, 2.75) is 0 Å². The van der Waals surface area contributed by atoms with Gasteiger partial charge in [0.2, 0.25) is 0 Å². The van der Waals surface area contributed by atoms with Crippen LogP contribution < -0.4 is 5.32 Å². The molecule has 5 nitrogen and oxygen atoms in total. The molecule has 0 fully saturated rings. The number of hydrogen-bond donors (Lipinski definition) is 1. The van der Waals surface area contributed by atoms with Gasteiger partial charge in [-0.1, -0.05) is 6.07 Å². The number of nitro groups is 1. The minimum atomic E-state index is -0.862. The van der Waals surface area contributed by atoms with Gasteiger partial charge in [-0.3, -0.25) is 14.9 Å². The second kappa shape index (κ2) is 6.48. The summed E-state index contributed by atoms with van der Waals surface area (Å²) in [5, 5.41) is 13.1. The largest absolute Gasteiger partial charge is 0.314 e. The summed E-state index contributed by atoms with van der Waals surface area (Å²) in [4.78, 5) is 22.3. The van der Waals surface area contributed by atoms with Crippen LogP contribution >= 0.6 is 38.5 Å². The van der Waals surface area contributed by atoms with Crippen molar-refractivity contribution in [3.63, 3.8) is 0 Å². The van der Waals surface area contributed by atoms with E-state index < -0.39 is 28.0 Å². The lowest BCUT2D eigenvalue weighted by molar-refractivity contribution is -0.384. The molecule has 0 bridgehead atoms. The van der Waals surface area contributed by atoms with E-state index in [9.17, 15) is 19.3 Å². The highest BCUT2D eigenvalue weighted by molar-refractivity contribution is 14.1. The maximum atomic E-state index is 13.7. The Morgan fingerprint density at radius 2 is 2.05 bits per heavy atom. The lowest BCUT2D eigenvalue weighted by atomic mass is 10.2. The Labute approximate surface area is 141 Å².